The second-order valence-electron chi connectivity index (χ2n) is 7.52. The molecule has 0 aliphatic heterocycles. The smallest absolute Gasteiger partial charge is 0.411 e. The third-order valence-corrected chi connectivity index (χ3v) is 4.06. The largest absolute Gasteiger partial charge is 0.480 e. The van der Waals surface area contributed by atoms with Crippen molar-refractivity contribution >= 4 is 12.1 Å². The number of hydrogen-bond donors (Lipinski definition) is 1. The van der Waals surface area contributed by atoms with E-state index in [2.05, 4.69) is 0 Å². The Labute approximate surface area is 134 Å². The van der Waals surface area contributed by atoms with Gasteiger partial charge in [0.1, 0.15) is 11.6 Å². The van der Waals surface area contributed by atoms with Crippen molar-refractivity contribution in [2.45, 2.75) is 90.8 Å². The van der Waals surface area contributed by atoms with E-state index in [0.717, 1.165) is 38.5 Å². The Kier molecular flexibility index (Phi) is 6.69. The molecule has 1 N–H and O–H groups in total. The molecule has 1 rings (SSSR count). The number of hydrogen-bond acceptors (Lipinski definition) is 3. The number of rotatable bonds is 4. The van der Waals surface area contributed by atoms with E-state index in [-0.39, 0.29) is 12.0 Å². The van der Waals surface area contributed by atoms with Crippen molar-refractivity contribution in [2.24, 2.45) is 5.92 Å². The predicted octanol–water partition coefficient (Wildman–Crippen LogP) is 4.06. The van der Waals surface area contributed by atoms with Crippen molar-refractivity contribution in [3.05, 3.63) is 0 Å². The van der Waals surface area contributed by atoms with Gasteiger partial charge in [0.25, 0.3) is 0 Å². The number of amides is 1. The number of carbonyl (C=O) groups excluding carboxylic acids is 1. The average Bonchev–Trinajstić information content (AvgIpc) is 2.60. The Morgan fingerprint density at radius 3 is 1.95 bits per heavy atom. The summed E-state index contributed by atoms with van der Waals surface area (Å²) < 4.78 is 5.44. The van der Waals surface area contributed by atoms with E-state index in [1.54, 1.807) is 20.8 Å². The molecule has 0 bridgehead atoms. The molecule has 128 valence electrons. The van der Waals surface area contributed by atoms with Gasteiger partial charge in [-0.2, -0.15) is 0 Å². The van der Waals surface area contributed by atoms with Gasteiger partial charge in [0.2, 0.25) is 0 Å². The highest BCUT2D eigenvalue weighted by Crippen LogP contribution is 2.30. The van der Waals surface area contributed by atoms with Crippen LogP contribution in [0.15, 0.2) is 0 Å². The third-order valence-electron chi connectivity index (χ3n) is 4.06. The number of aliphatic carboxylic acids is 1. The zero-order valence-corrected chi connectivity index (χ0v) is 14.6. The summed E-state index contributed by atoms with van der Waals surface area (Å²) in [6, 6.07) is -1.01. The van der Waals surface area contributed by atoms with Crippen LogP contribution in [0.4, 0.5) is 4.79 Å². The molecule has 0 aromatic heterocycles. The summed E-state index contributed by atoms with van der Waals surface area (Å²) in [5, 5.41) is 9.73. The van der Waals surface area contributed by atoms with E-state index < -0.39 is 23.7 Å². The van der Waals surface area contributed by atoms with Crippen LogP contribution in [0.25, 0.3) is 0 Å². The van der Waals surface area contributed by atoms with Gasteiger partial charge in [0.05, 0.1) is 0 Å². The standard InChI is InChI=1S/C17H31NO4/c1-12(2)18(16(21)22-17(3,4)5)14(15(19)20)13-10-8-6-7-9-11-13/h12-14H,6-11H2,1-5H3,(H,19,20). The van der Waals surface area contributed by atoms with Crippen molar-refractivity contribution in [3.8, 4) is 0 Å². The highest BCUT2D eigenvalue weighted by Gasteiger charge is 2.39. The lowest BCUT2D eigenvalue weighted by Crippen LogP contribution is -2.53. The molecule has 0 saturated heterocycles. The minimum Gasteiger partial charge on any atom is -0.480 e. The minimum absolute atomic E-state index is 0.00918. The van der Waals surface area contributed by atoms with Crippen LogP contribution in [0, 0.1) is 5.92 Å². The summed E-state index contributed by atoms with van der Waals surface area (Å²) in [6.07, 6.45) is 5.57. The van der Waals surface area contributed by atoms with Gasteiger partial charge in [-0.25, -0.2) is 9.59 Å². The Morgan fingerprint density at radius 1 is 1.09 bits per heavy atom. The normalized spacial score (nSPS) is 18.6. The fourth-order valence-electron chi connectivity index (χ4n) is 3.13. The predicted molar refractivity (Wildman–Crippen MR) is 85.8 cm³/mol. The Balaban J connectivity index is 3.00. The average molecular weight is 313 g/mol. The first-order chi connectivity index (χ1) is 10.1. The third kappa shape index (κ3) is 5.50. The first-order valence-electron chi connectivity index (χ1n) is 8.37. The number of nitrogens with zero attached hydrogens (tertiary/aromatic N) is 1. The van der Waals surface area contributed by atoms with Crippen LogP contribution < -0.4 is 0 Å². The zero-order chi connectivity index (χ0) is 16.9. The van der Waals surface area contributed by atoms with Gasteiger partial charge in [0.15, 0.2) is 0 Å². The van der Waals surface area contributed by atoms with Crippen molar-refractivity contribution in [3.63, 3.8) is 0 Å². The topological polar surface area (TPSA) is 66.8 Å². The summed E-state index contributed by atoms with van der Waals surface area (Å²) in [4.78, 5) is 25.8. The molecule has 22 heavy (non-hydrogen) atoms. The maximum atomic E-state index is 12.5. The van der Waals surface area contributed by atoms with Gasteiger partial charge in [-0.3, -0.25) is 4.90 Å². The molecule has 1 aliphatic carbocycles. The number of carboxylic acids is 1. The number of ether oxygens (including phenoxy) is 1. The van der Waals surface area contributed by atoms with Gasteiger partial charge < -0.3 is 9.84 Å². The molecular weight excluding hydrogens is 282 g/mol. The zero-order valence-electron chi connectivity index (χ0n) is 14.6. The molecule has 0 spiro atoms. The van der Waals surface area contributed by atoms with Crippen molar-refractivity contribution in [1.29, 1.82) is 0 Å². The van der Waals surface area contributed by atoms with Crippen LogP contribution in [-0.4, -0.2) is 39.8 Å². The monoisotopic (exact) mass is 313 g/mol. The first-order valence-corrected chi connectivity index (χ1v) is 8.37. The molecule has 0 heterocycles. The summed E-state index contributed by atoms with van der Waals surface area (Å²) in [5.74, 6) is -0.915. The van der Waals surface area contributed by atoms with E-state index in [0.29, 0.717) is 0 Å². The summed E-state index contributed by atoms with van der Waals surface area (Å²) in [7, 11) is 0. The fraction of sp³-hybridized carbons (Fsp3) is 0.882. The highest BCUT2D eigenvalue weighted by molar-refractivity contribution is 5.80. The lowest BCUT2D eigenvalue weighted by atomic mass is 9.90. The molecule has 1 amide bonds. The molecule has 1 unspecified atom stereocenters. The van der Waals surface area contributed by atoms with Gasteiger partial charge >= 0.3 is 12.1 Å². The molecule has 5 heteroatoms. The molecule has 1 aliphatic rings. The summed E-state index contributed by atoms with van der Waals surface area (Å²) >= 11 is 0. The molecule has 5 nitrogen and oxygen atoms in total. The summed E-state index contributed by atoms with van der Waals surface area (Å²) in [6.45, 7) is 9.08. The van der Waals surface area contributed by atoms with Crippen molar-refractivity contribution < 1.29 is 19.4 Å². The van der Waals surface area contributed by atoms with Crippen LogP contribution in [0.5, 0.6) is 0 Å². The molecule has 1 saturated carbocycles. The quantitative estimate of drug-likeness (QED) is 0.795. The highest BCUT2D eigenvalue weighted by atomic mass is 16.6. The molecule has 0 radical (unpaired) electrons. The van der Waals surface area contributed by atoms with E-state index in [9.17, 15) is 14.7 Å². The van der Waals surface area contributed by atoms with Crippen LogP contribution >= 0.6 is 0 Å². The van der Waals surface area contributed by atoms with Crippen molar-refractivity contribution in [2.75, 3.05) is 0 Å². The van der Waals surface area contributed by atoms with Crippen LogP contribution in [0.1, 0.15) is 73.1 Å². The van der Waals surface area contributed by atoms with Crippen LogP contribution in [0.2, 0.25) is 0 Å². The molecule has 1 fully saturated rings. The molecule has 1 atom stereocenters. The lowest BCUT2D eigenvalue weighted by molar-refractivity contribution is -0.146. The SMILES string of the molecule is CC(C)N(C(=O)OC(C)(C)C)C(C(=O)O)C1CCCCCC1. The van der Waals surface area contributed by atoms with Gasteiger partial charge in [0, 0.05) is 6.04 Å². The Hall–Kier alpha value is -1.26. The second-order valence-corrected chi connectivity index (χ2v) is 7.52. The molecular formula is C17H31NO4. The molecule has 0 aromatic rings. The van der Waals surface area contributed by atoms with E-state index in [1.165, 1.54) is 4.90 Å². The van der Waals surface area contributed by atoms with Gasteiger partial charge in [-0.1, -0.05) is 25.7 Å². The Morgan fingerprint density at radius 2 is 1.59 bits per heavy atom. The number of carbonyl (C=O) groups is 2. The Bertz CT molecular complexity index is 379. The number of carboxylic acid groups (broad SMARTS) is 1. The first kappa shape index (κ1) is 18.8. The van der Waals surface area contributed by atoms with Gasteiger partial charge in [-0.15, -0.1) is 0 Å². The maximum Gasteiger partial charge on any atom is 0.411 e. The van der Waals surface area contributed by atoms with Crippen molar-refractivity contribution in [1.82, 2.24) is 4.90 Å². The maximum absolute atomic E-state index is 12.5. The van der Waals surface area contributed by atoms with E-state index in [1.807, 2.05) is 13.8 Å². The van der Waals surface area contributed by atoms with E-state index >= 15 is 0 Å². The van der Waals surface area contributed by atoms with Gasteiger partial charge in [-0.05, 0) is 53.4 Å². The molecule has 0 aromatic carbocycles. The summed E-state index contributed by atoms with van der Waals surface area (Å²) in [5.41, 5.74) is -0.628. The van der Waals surface area contributed by atoms with Crippen LogP contribution in [0.3, 0.4) is 0 Å². The van der Waals surface area contributed by atoms with Crippen LogP contribution in [-0.2, 0) is 9.53 Å². The fourth-order valence-corrected chi connectivity index (χ4v) is 3.13. The minimum atomic E-state index is -0.925. The van der Waals surface area contributed by atoms with E-state index in [4.69, 9.17) is 4.74 Å². The second kappa shape index (κ2) is 7.84. The lowest BCUT2D eigenvalue weighted by Gasteiger charge is -2.37.